The van der Waals surface area contributed by atoms with Crippen molar-refractivity contribution in [2.24, 2.45) is 29.6 Å². The van der Waals surface area contributed by atoms with Crippen LogP contribution in [-0.4, -0.2) is 34.0 Å². The van der Waals surface area contributed by atoms with E-state index in [9.17, 15) is 14.4 Å². The second kappa shape index (κ2) is 6.99. The zero-order chi connectivity index (χ0) is 19.5. The third-order valence-corrected chi connectivity index (χ3v) is 9.10. The molecule has 0 aromatic heterocycles. The van der Waals surface area contributed by atoms with Gasteiger partial charge in [-0.25, -0.2) is 4.79 Å². The Balaban J connectivity index is 1.54. The lowest BCUT2D eigenvalue weighted by molar-refractivity contribution is -0.123. The molecule has 6 atom stereocenters. The van der Waals surface area contributed by atoms with Gasteiger partial charge in [0.1, 0.15) is 0 Å². The Labute approximate surface area is 175 Å². The quantitative estimate of drug-likeness (QED) is 0.360. The summed E-state index contributed by atoms with van der Waals surface area (Å²) in [6.45, 7) is 4.30. The third-order valence-electron chi connectivity index (χ3n) is 5.90. The maximum absolute atomic E-state index is 13.0. The first-order chi connectivity index (χ1) is 12.8. The Morgan fingerprint density at radius 3 is 2.07 bits per heavy atom. The van der Waals surface area contributed by atoms with E-state index in [0.29, 0.717) is 17.9 Å². The summed E-state index contributed by atoms with van der Waals surface area (Å²) in [5.74, 6) is -0.458. The van der Waals surface area contributed by atoms with Gasteiger partial charge in [0, 0.05) is 9.65 Å². The summed E-state index contributed by atoms with van der Waals surface area (Å²) in [5.41, 5.74) is 0.941. The molecule has 5 nitrogen and oxygen atoms in total. The van der Waals surface area contributed by atoms with Gasteiger partial charge in [-0.3, -0.25) is 14.5 Å². The van der Waals surface area contributed by atoms with E-state index in [0.717, 1.165) is 6.42 Å². The molecule has 1 aromatic rings. The summed E-state index contributed by atoms with van der Waals surface area (Å²) in [5, 5.41) is 0. The van der Waals surface area contributed by atoms with Crippen LogP contribution in [0.1, 0.15) is 30.6 Å². The van der Waals surface area contributed by atoms with Crippen molar-refractivity contribution in [2.75, 3.05) is 11.5 Å². The zero-order valence-corrected chi connectivity index (χ0v) is 18.3. The molecule has 27 heavy (non-hydrogen) atoms. The fraction of sp³-hybridized carbons (Fsp3) is 0.550. The molecule has 3 aliphatic rings. The number of fused-ring (bicyclic) bond motifs is 5. The van der Waals surface area contributed by atoms with Crippen molar-refractivity contribution < 1.29 is 19.1 Å². The summed E-state index contributed by atoms with van der Waals surface area (Å²) in [6.07, 6.45) is 0.910. The van der Waals surface area contributed by atoms with Gasteiger partial charge in [-0.2, -0.15) is 0 Å². The first-order valence-electron chi connectivity index (χ1n) is 9.24. The summed E-state index contributed by atoms with van der Waals surface area (Å²) >= 11 is 7.38. The molecule has 4 rings (SSSR count). The number of nitrogens with zero attached hydrogens (tertiary/aromatic N) is 1. The van der Waals surface area contributed by atoms with Gasteiger partial charge < -0.3 is 4.74 Å². The highest BCUT2D eigenvalue weighted by molar-refractivity contribution is 9.12. The van der Waals surface area contributed by atoms with Crippen molar-refractivity contribution in [1.29, 1.82) is 0 Å². The number of amides is 2. The van der Waals surface area contributed by atoms with Crippen molar-refractivity contribution in [3.8, 4) is 0 Å². The molecular weight excluding hydrogens is 478 g/mol. The molecule has 0 N–H and O–H groups in total. The van der Waals surface area contributed by atoms with Crippen LogP contribution in [0.5, 0.6) is 0 Å². The van der Waals surface area contributed by atoms with Crippen molar-refractivity contribution in [3.05, 3.63) is 29.8 Å². The van der Waals surface area contributed by atoms with Crippen molar-refractivity contribution in [1.82, 2.24) is 0 Å². The number of anilines is 1. The maximum atomic E-state index is 13.0. The molecule has 3 fully saturated rings. The smallest absolute Gasteiger partial charge is 0.338 e. The second-order valence-electron chi connectivity index (χ2n) is 8.05. The van der Waals surface area contributed by atoms with Gasteiger partial charge in [-0.1, -0.05) is 45.7 Å². The third kappa shape index (κ3) is 2.97. The molecule has 1 heterocycles. The van der Waals surface area contributed by atoms with Crippen LogP contribution in [0.2, 0.25) is 0 Å². The highest BCUT2D eigenvalue weighted by Crippen LogP contribution is 2.60. The van der Waals surface area contributed by atoms with E-state index < -0.39 is 5.97 Å². The lowest BCUT2D eigenvalue weighted by Crippen LogP contribution is -2.37. The van der Waals surface area contributed by atoms with Crippen LogP contribution in [0.15, 0.2) is 24.3 Å². The summed E-state index contributed by atoms with van der Waals surface area (Å²) in [7, 11) is 0. The molecule has 1 aliphatic heterocycles. The van der Waals surface area contributed by atoms with Crippen LogP contribution in [-0.2, 0) is 14.3 Å². The van der Waals surface area contributed by atoms with Crippen molar-refractivity contribution in [2.45, 2.75) is 29.9 Å². The molecule has 2 amide bonds. The summed E-state index contributed by atoms with van der Waals surface area (Å²) in [6, 6.07) is 6.54. The van der Waals surface area contributed by atoms with E-state index in [1.807, 2.05) is 13.8 Å². The van der Waals surface area contributed by atoms with Gasteiger partial charge in [-0.05, 0) is 48.4 Å². The lowest BCUT2D eigenvalue weighted by Gasteiger charge is -2.28. The minimum atomic E-state index is -0.395. The summed E-state index contributed by atoms with van der Waals surface area (Å²) < 4.78 is 5.22. The fourth-order valence-electron chi connectivity index (χ4n) is 4.68. The molecule has 0 unspecified atom stereocenters. The average molecular weight is 499 g/mol. The number of carbonyl (C=O) groups is 3. The molecule has 2 bridgehead atoms. The van der Waals surface area contributed by atoms with E-state index in [-0.39, 0.29) is 51.1 Å². The van der Waals surface area contributed by atoms with E-state index in [4.69, 9.17) is 4.74 Å². The number of esters is 1. The molecule has 0 spiro atoms. The molecular formula is C20H21Br2NO4. The molecule has 0 radical (unpaired) electrons. The normalized spacial score (nSPS) is 34.5. The van der Waals surface area contributed by atoms with E-state index in [2.05, 4.69) is 31.9 Å². The summed E-state index contributed by atoms with van der Waals surface area (Å²) in [4.78, 5) is 39.8. The van der Waals surface area contributed by atoms with Crippen LogP contribution < -0.4 is 4.90 Å². The Bertz CT molecular complexity index is 762. The Morgan fingerprint density at radius 1 is 1.07 bits per heavy atom. The Kier molecular flexibility index (Phi) is 4.95. The second-order valence-corrected chi connectivity index (χ2v) is 10.2. The van der Waals surface area contributed by atoms with Crippen LogP contribution in [0.25, 0.3) is 0 Å². The van der Waals surface area contributed by atoms with Crippen LogP contribution in [0.3, 0.4) is 0 Å². The average Bonchev–Trinajstić information content (AvgIpc) is 3.25. The number of hydrogen-bond acceptors (Lipinski definition) is 4. The molecule has 144 valence electrons. The van der Waals surface area contributed by atoms with Crippen LogP contribution >= 0.6 is 31.9 Å². The minimum Gasteiger partial charge on any atom is -0.462 e. The van der Waals surface area contributed by atoms with Gasteiger partial charge in [0.2, 0.25) is 11.8 Å². The number of hydrogen-bond donors (Lipinski definition) is 0. The number of alkyl halides is 2. The predicted octanol–water partition coefficient (Wildman–Crippen LogP) is 3.78. The Hall–Kier alpha value is -1.21. The fourth-order valence-corrected chi connectivity index (χ4v) is 6.55. The Morgan fingerprint density at radius 2 is 1.59 bits per heavy atom. The maximum Gasteiger partial charge on any atom is 0.338 e. The largest absolute Gasteiger partial charge is 0.462 e. The standard InChI is InChI=1S/C20H21Br2NO4/c1-9(2)8-27-20(26)10-3-5-11(6-4-10)23-18(24)14-12-7-13(15(14)19(23)25)17(22)16(12)21/h3-6,9,12-17H,7-8H2,1-2H3/t12-,13-,14-,15+,16+,17+/m1/s1. The SMILES string of the molecule is CC(C)COC(=O)c1ccc(N2C(=O)[C@@H]3[C@H]4C[C@@H]([C@H](Br)[C@H]4Br)[C@@H]3C2=O)cc1. The molecule has 1 saturated heterocycles. The highest BCUT2D eigenvalue weighted by atomic mass is 79.9. The van der Waals surface area contributed by atoms with Gasteiger partial charge in [0.15, 0.2) is 0 Å². The molecule has 7 heteroatoms. The molecule has 2 saturated carbocycles. The predicted molar refractivity (Wildman–Crippen MR) is 108 cm³/mol. The van der Waals surface area contributed by atoms with Gasteiger partial charge >= 0.3 is 5.97 Å². The zero-order valence-electron chi connectivity index (χ0n) is 15.1. The monoisotopic (exact) mass is 497 g/mol. The van der Waals surface area contributed by atoms with E-state index in [1.54, 1.807) is 24.3 Å². The van der Waals surface area contributed by atoms with Crippen LogP contribution in [0.4, 0.5) is 5.69 Å². The van der Waals surface area contributed by atoms with Crippen LogP contribution in [0, 0.1) is 29.6 Å². The first kappa shape index (κ1) is 19.1. The van der Waals surface area contributed by atoms with Gasteiger partial charge in [0.25, 0.3) is 0 Å². The first-order valence-corrected chi connectivity index (χ1v) is 11.1. The number of ether oxygens (including phenoxy) is 1. The molecule has 2 aliphatic carbocycles. The highest BCUT2D eigenvalue weighted by Gasteiger charge is 2.66. The number of imide groups is 1. The van der Waals surface area contributed by atoms with Gasteiger partial charge in [0.05, 0.1) is 29.7 Å². The number of carbonyl (C=O) groups excluding carboxylic acids is 3. The van der Waals surface area contributed by atoms with E-state index >= 15 is 0 Å². The number of rotatable bonds is 4. The van der Waals surface area contributed by atoms with Crippen molar-refractivity contribution in [3.63, 3.8) is 0 Å². The number of halogens is 2. The topological polar surface area (TPSA) is 63.7 Å². The van der Waals surface area contributed by atoms with Crippen molar-refractivity contribution >= 4 is 55.3 Å². The number of benzene rings is 1. The minimum absolute atomic E-state index is 0.114. The van der Waals surface area contributed by atoms with E-state index in [1.165, 1.54) is 4.90 Å². The molecule has 1 aromatic carbocycles. The van der Waals surface area contributed by atoms with Gasteiger partial charge in [-0.15, -0.1) is 0 Å². The lowest BCUT2D eigenvalue weighted by atomic mass is 9.81.